The number of benzene rings is 3. The van der Waals surface area contributed by atoms with Gasteiger partial charge in [-0.1, -0.05) is 35.9 Å². The van der Waals surface area contributed by atoms with Crippen LogP contribution in [0.5, 0.6) is 0 Å². The minimum atomic E-state index is -3.72. The van der Waals surface area contributed by atoms with Crippen LogP contribution in [0.4, 0.5) is 8.78 Å². The Labute approximate surface area is 214 Å². The molecule has 0 bridgehead atoms. The van der Waals surface area contributed by atoms with E-state index in [1.165, 1.54) is 10.3 Å². The number of carbonyl (C=O) groups excluding carboxylic acids is 1. The summed E-state index contributed by atoms with van der Waals surface area (Å²) in [6.45, 7) is 0.810. The van der Waals surface area contributed by atoms with Crippen molar-refractivity contribution in [1.29, 1.82) is 0 Å². The van der Waals surface area contributed by atoms with Crippen LogP contribution < -0.4 is 0 Å². The van der Waals surface area contributed by atoms with Crippen LogP contribution in [-0.2, 0) is 15.6 Å². The second-order valence-corrected chi connectivity index (χ2v) is 11.3. The van der Waals surface area contributed by atoms with E-state index in [9.17, 15) is 22.0 Å². The minimum Gasteiger partial charge on any atom is -0.345 e. The van der Waals surface area contributed by atoms with Gasteiger partial charge in [-0.3, -0.25) is 9.69 Å². The summed E-state index contributed by atoms with van der Waals surface area (Å²) in [6, 6.07) is 17.4. The van der Waals surface area contributed by atoms with Gasteiger partial charge in [0.05, 0.1) is 11.8 Å². The fourth-order valence-corrected chi connectivity index (χ4v) is 5.78. The van der Waals surface area contributed by atoms with E-state index in [4.69, 9.17) is 11.6 Å². The first-order valence-corrected chi connectivity index (χ1v) is 13.3. The quantitative estimate of drug-likeness (QED) is 0.420. The maximum Gasteiger partial charge on any atom is 0.253 e. The molecule has 5 nitrogen and oxygen atoms in total. The highest BCUT2D eigenvalue weighted by Crippen LogP contribution is 2.35. The lowest BCUT2D eigenvalue weighted by molar-refractivity contribution is 0.0827. The summed E-state index contributed by atoms with van der Waals surface area (Å²) in [7, 11) is -0.329. The van der Waals surface area contributed by atoms with E-state index in [-0.39, 0.29) is 17.5 Å². The lowest BCUT2D eigenvalue weighted by atomic mass is 9.92. The third-order valence-electron chi connectivity index (χ3n) is 5.88. The summed E-state index contributed by atoms with van der Waals surface area (Å²) in [5.41, 5.74) is 3.26. The molecule has 1 aliphatic rings. The third-order valence-corrected chi connectivity index (χ3v) is 7.56. The Morgan fingerprint density at radius 1 is 0.972 bits per heavy atom. The Bertz CT molecular complexity index is 1380. The van der Waals surface area contributed by atoms with Gasteiger partial charge < -0.3 is 4.90 Å². The molecule has 3 aromatic rings. The number of nitrogens with zero attached hydrogens (tertiary/aromatic N) is 2. The van der Waals surface area contributed by atoms with Gasteiger partial charge in [0.25, 0.3) is 5.91 Å². The maximum atomic E-state index is 13.5. The Balaban J connectivity index is 1.55. The van der Waals surface area contributed by atoms with Crippen molar-refractivity contribution in [1.82, 2.24) is 9.80 Å². The summed E-state index contributed by atoms with van der Waals surface area (Å²) in [4.78, 5) is 15.9. The monoisotopic (exact) mass is 530 g/mol. The normalized spacial score (nSPS) is 14.8. The smallest absolute Gasteiger partial charge is 0.253 e. The molecule has 9 heteroatoms. The number of halogens is 3. The molecule has 0 saturated carbocycles. The van der Waals surface area contributed by atoms with Crippen LogP contribution in [0.15, 0.2) is 77.7 Å². The minimum absolute atomic E-state index is 0.0620. The van der Waals surface area contributed by atoms with E-state index in [2.05, 4.69) is 4.90 Å². The van der Waals surface area contributed by atoms with Crippen LogP contribution in [0, 0.1) is 11.6 Å². The van der Waals surface area contributed by atoms with E-state index in [1.54, 1.807) is 38.4 Å². The summed E-state index contributed by atoms with van der Waals surface area (Å²) >= 11 is 6.08. The average molecular weight is 531 g/mol. The lowest BCUT2D eigenvalue weighted by Crippen LogP contribution is -2.43. The van der Waals surface area contributed by atoms with Gasteiger partial charge in [-0.2, -0.15) is 0 Å². The predicted molar refractivity (Wildman–Crippen MR) is 136 cm³/mol. The first-order chi connectivity index (χ1) is 17.0. The van der Waals surface area contributed by atoms with E-state index in [0.29, 0.717) is 35.3 Å². The molecular weight excluding hydrogens is 506 g/mol. The number of hydrogen-bond acceptors (Lipinski definition) is 4. The van der Waals surface area contributed by atoms with Crippen LogP contribution in [-0.4, -0.2) is 51.3 Å². The predicted octanol–water partition coefficient (Wildman–Crippen LogP) is 5.22. The molecule has 1 amide bonds. The van der Waals surface area contributed by atoms with Gasteiger partial charge in [-0.15, -0.1) is 0 Å². The molecule has 1 aliphatic heterocycles. The van der Waals surface area contributed by atoms with Crippen molar-refractivity contribution in [2.45, 2.75) is 11.8 Å². The molecule has 0 aliphatic carbocycles. The molecule has 0 radical (unpaired) electrons. The standard InChI is InChI=1S/C27H25ClF2N2O3S/c1-31(2)27(33)22-5-3-20(4-6-22)26(21-7-9-23(28)10-8-21)32-14-19(15-32)17-36(34,35)16-18-11-24(29)13-25(30)12-18/h3-13,17,26H,14-16H2,1-2H3. The first-order valence-electron chi connectivity index (χ1n) is 11.2. The van der Waals surface area contributed by atoms with Crippen LogP contribution in [0.2, 0.25) is 5.02 Å². The van der Waals surface area contributed by atoms with Crippen LogP contribution in [0.25, 0.3) is 0 Å². The highest BCUT2D eigenvalue weighted by atomic mass is 35.5. The van der Waals surface area contributed by atoms with E-state index in [0.717, 1.165) is 23.3 Å². The zero-order valence-corrected chi connectivity index (χ0v) is 21.4. The van der Waals surface area contributed by atoms with Gasteiger partial charge in [0.1, 0.15) is 11.6 Å². The number of likely N-dealkylation sites (tertiary alicyclic amines) is 1. The Morgan fingerprint density at radius 2 is 1.50 bits per heavy atom. The van der Waals surface area contributed by atoms with Crippen molar-refractivity contribution in [2.75, 3.05) is 27.2 Å². The molecule has 1 heterocycles. The third kappa shape index (κ3) is 6.19. The van der Waals surface area contributed by atoms with Gasteiger partial charge in [0, 0.05) is 49.2 Å². The second-order valence-electron chi connectivity index (χ2n) is 9.04. The Morgan fingerprint density at radius 3 is 2.03 bits per heavy atom. The van der Waals surface area contributed by atoms with Crippen molar-refractivity contribution in [3.05, 3.63) is 117 Å². The van der Waals surface area contributed by atoms with Crippen molar-refractivity contribution in [3.63, 3.8) is 0 Å². The molecule has 1 atom stereocenters. The molecule has 3 aromatic carbocycles. The number of rotatable bonds is 7. The lowest BCUT2D eigenvalue weighted by Gasteiger charge is -2.41. The SMILES string of the molecule is CN(C)C(=O)c1ccc(C(c2ccc(Cl)cc2)N2CC(=CS(=O)(=O)Cc3cc(F)cc(F)c3)C2)cc1. The van der Waals surface area contributed by atoms with Crippen molar-refractivity contribution in [2.24, 2.45) is 0 Å². The largest absolute Gasteiger partial charge is 0.345 e. The van der Waals surface area contributed by atoms with Gasteiger partial charge in [0.2, 0.25) is 0 Å². The molecule has 0 aromatic heterocycles. The van der Waals surface area contributed by atoms with Crippen LogP contribution >= 0.6 is 11.6 Å². The molecular formula is C27H25ClF2N2O3S. The molecule has 1 fully saturated rings. The molecule has 36 heavy (non-hydrogen) atoms. The first kappa shape index (κ1) is 26.0. The zero-order valence-electron chi connectivity index (χ0n) is 19.8. The van der Waals surface area contributed by atoms with Gasteiger partial charge in [-0.25, -0.2) is 17.2 Å². The summed E-state index contributed by atoms with van der Waals surface area (Å²) in [6.07, 6.45) is 0. The Hall–Kier alpha value is -3.07. The molecule has 1 saturated heterocycles. The average Bonchev–Trinajstić information content (AvgIpc) is 2.77. The molecule has 188 valence electrons. The zero-order chi connectivity index (χ0) is 26.0. The van der Waals surface area contributed by atoms with Crippen molar-refractivity contribution < 1.29 is 22.0 Å². The van der Waals surface area contributed by atoms with Gasteiger partial charge in [-0.05, 0) is 58.7 Å². The summed E-state index contributed by atoms with van der Waals surface area (Å²) < 4.78 is 52.2. The highest BCUT2D eigenvalue weighted by molar-refractivity contribution is 7.93. The van der Waals surface area contributed by atoms with E-state index >= 15 is 0 Å². The highest BCUT2D eigenvalue weighted by Gasteiger charge is 2.31. The van der Waals surface area contributed by atoms with Crippen molar-refractivity contribution in [3.8, 4) is 0 Å². The van der Waals surface area contributed by atoms with Gasteiger partial charge in [0.15, 0.2) is 9.84 Å². The maximum absolute atomic E-state index is 13.5. The second kappa shape index (κ2) is 10.5. The summed E-state index contributed by atoms with van der Waals surface area (Å²) in [5.74, 6) is -2.20. The van der Waals surface area contributed by atoms with E-state index in [1.807, 2.05) is 24.3 Å². The topological polar surface area (TPSA) is 57.7 Å². The molecule has 4 rings (SSSR count). The van der Waals surface area contributed by atoms with Crippen LogP contribution in [0.3, 0.4) is 0 Å². The number of sulfone groups is 1. The van der Waals surface area contributed by atoms with E-state index < -0.39 is 27.2 Å². The fraction of sp³-hybridized carbons (Fsp3) is 0.222. The number of carbonyl (C=O) groups is 1. The van der Waals surface area contributed by atoms with Gasteiger partial charge >= 0.3 is 0 Å². The Kier molecular flexibility index (Phi) is 7.59. The van der Waals surface area contributed by atoms with Crippen molar-refractivity contribution >= 4 is 27.3 Å². The molecule has 0 spiro atoms. The number of amides is 1. The molecule has 0 N–H and O–H groups in total. The molecule has 1 unspecified atom stereocenters. The number of hydrogen-bond donors (Lipinski definition) is 0. The van der Waals surface area contributed by atoms with Crippen LogP contribution in [0.1, 0.15) is 33.1 Å². The summed E-state index contributed by atoms with van der Waals surface area (Å²) in [5, 5.41) is 1.80. The fourth-order valence-electron chi connectivity index (χ4n) is 4.28.